The van der Waals surface area contributed by atoms with Crippen LogP contribution in [0.1, 0.15) is 44.7 Å². The normalized spacial score (nSPS) is 13.0. The van der Waals surface area contributed by atoms with Gasteiger partial charge >= 0.3 is 6.18 Å². The monoisotopic (exact) mass is 465 g/mol. The van der Waals surface area contributed by atoms with Crippen molar-refractivity contribution in [3.8, 4) is 17.6 Å². The fourth-order valence-electron chi connectivity index (χ4n) is 3.23. The number of Topliss-reactive ketones (excluding diaryl/α,β-unsaturated/α-hetero) is 1. The molecule has 0 heterocycles. The Labute approximate surface area is 192 Å². The van der Waals surface area contributed by atoms with Gasteiger partial charge in [-0.1, -0.05) is 0 Å². The highest BCUT2D eigenvalue weighted by Gasteiger charge is 2.34. The standard InChI is InChI=1S/C25H18F3N3O3/c26-25(27,28)21-13-15(14-29)1-12-22(21)30-31-24(33)18-6-10-20(11-7-18)34-19-8-4-17(5-9-19)23(32)16-2-3-16/h1,4-13,16,30H,2-3H2,(H,31,33). The van der Waals surface area contributed by atoms with Gasteiger partial charge in [-0.05, 0) is 79.6 Å². The molecular weight excluding hydrogens is 447 g/mol. The van der Waals surface area contributed by atoms with E-state index in [1.54, 1.807) is 42.5 Å². The number of anilines is 1. The van der Waals surface area contributed by atoms with Gasteiger partial charge in [-0.15, -0.1) is 0 Å². The van der Waals surface area contributed by atoms with Crippen LogP contribution in [-0.4, -0.2) is 11.7 Å². The Hall–Kier alpha value is -4.32. The largest absolute Gasteiger partial charge is 0.457 e. The van der Waals surface area contributed by atoms with E-state index in [0.717, 1.165) is 18.9 Å². The van der Waals surface area contributed by atoms with Gasteiger partial charge in [-0.25, -0.2) is 0 Å². The molecule has 34 heavy (non-hydrogen) atoms. The number of carbonyl (C=O) groups excluding carboxylic acids is 2. The van der Waals surface area contributed by atoms with E-state index in [-0.39, 0.29) is 28.5 Å². The lowest BCUT2D eigenvalue weighted by Crippen LogP contribution is -2.30. The molecule has 1 amide bonds. The first-order valence-corrected chi connectivity index (χ1v) is 10.3. The number of hydrazine groups is 1. The maximum Gasteiger partial charge on any atom is 0.418 e. The molecule has 2 N–H and O–H groups in total. The van der Waals surface area contributed by atoms with Crippen molar-refractivity contribution in [2.24, 2.45) is 5.92 Å². The van der Waals surface area contributed by atoms with Crippen molar-refractivity contribution in [1.82, 2.24) is 5.43 Å². The fourth-order valence-corrected chi connectivity index (χ4v) is 3.23. The minimum absolute atomic E-state index is 0.136. The number of halogens is 3. The van der Waals surface area contributed by atoms with E-state index < -0.39 is 17.6 Å². The lowest BCUT2D eigenvalue weighted by atomic mass is 10.1. The molecule has 0 spiro atoms. The number of ketones is 1. The van der Waals surface area contributed by atoms with E-state index in [1.807, 2.05) is 0 Å². The highest BCUT2D eigenvalue weighted by molar-refractivity contribution is 5.99. The lowest BCUT2D eigenvalue weighted by molar-refractivity contribution is -0.137. The number of amides is 1. The topological polar surface area (TPSA) is 91.2 Å². The number of hydrogen-bond donors (Lipinski definition) is 2. The summed E-state index contributed by atoms with van der Waals surface area (Å²) in [6, 6.07) is 17.4. The van der Waals surface area contributed by atoms with Crippen molar-refractivity contribution in [2.45, 2.75) is 19.0 Å². The van der Waals surface area contributed by atoms with Crippen LogP contribution in [0.4, 0.5) is 18.9 Å². The van der Waals surface area contributed by atoms with Crippen molar-refractivity contribution in [3.05, 3.63) is 89.0 Å². The maximum absolute atomic E-state index is 13.2. The number of carbonyl (C=O) groups is 2. The molecule has 1 aliphatic rings. The molecule has 1 fully saturated rings. The Balaban J connectivity index is 1.37. The molecule has 4 rings (SSSR count). The molecule has 0 aliphatic heterocycles. The van der Waals surface area contributed by atoms with Gasteiger partial charge in [0.05, 0.1) is 22.9 Å². The smallest absolute Gasteiger partial charge is 0.418 e. The summed E-state index contributed by atoms with van der Waals surface area (Å²) >= 11 is 0. The third-order valence-electron chi connectivity index (χ3n) is 5.20. The molecule has 1 saturated carbocycles. The second kappa shape index (κ2) is 9.27. The zero-order valence-electron chi connectivity index (χ0n) is 17.6. The van der Waals surface area contributed by atoms with E-state index in [9.17, 15) is 22.8 Å². The molecule has 6 nitrogen and oxygen atoms in total. The number of nitriles is 1. The number of rotatable bonds is 7. The Kier molecular flexibility index (Phi) is 6.23. The summed E-state index contributed by atoms with van der Waals surface area (Å²) in [5, 5.41) is 8.83. The van der Waals surface area contributed by atoms with Gasteiger partial charge < -0.3 is 4.74 Å². The van der Waals surface area contributed by atoms with Gasteiger partial charge in [-0.3, -0.25) is 20.4 Å². The van der Waals surface area contributed by atoms with Gasteiger partial charge in [0.15, 0.2) is 5.78 Å². The van der Waals surface area contributed by atoms with E-state index in [4.69, 9.17) is 10.00 Å². The van der Waals surface area contributed by atoms with Crippen LogP contribution in [-0.2, 0) is 6.18 Å². The van der Waals surface area contributed by atoms with Crippen LogP contribution in [0.5, 0.6) is 11.5 Å². The van der Waals surface area contributed by atoms with Crippen LogP contribution in [0.3, 0.4) is 0 Å². The van der Waals surface area contributed by atoms with Crippen molar-refractivity contribution >= 4 is 17.4 Å². The second-order valence-electron chi connectivity index (χ2n) is 7.74. The highest BCUT2D eigenvalue weighted by Crippen LogP contribution is 2.35. The lowest BCUT2D eigenvalue weighted by Gasteiger charge is -2.15. The van der Waals surface area contributed by atoms with Gasteiger partial charge in [0.2, 0.25) is 0 Å². The molecule has 0 unspecified atom stereocenters. The summed E-state index contributed by atoms with van der Waals surface area (Å²) in [5.41, 5.74) is 3.71. The minimum Gasteiger partial charge on any atom is -0.457 e. The van der Waals surface area contributed by atoms with Gasteiger partial charge in [-0.2, -0.15) is 18.4 Å². The molecule has 0 saturated heterocycles. The van der Waals surface area contributed by atoms with Crippen LogP contribution in [0.15, 0.2) is 66.7 Å². The molecule has 0 aromatic heterocycles. The molecule has 1 aliphatic carbocycles. The zero-order chi connectivity index (χ0) is 24.3. The molecule has 0 radical (unpaired) electrons. The predicted octanol–water partition coefficient (Wildman–Crippen LogP) is 5.72. The molecular formula is C25H18F3N3O3. The van der Waals surface area contributed by atoms with Crippen LogP contribution in [0, 0.1) is 17.2 Å². The van der Waals surface area contributed by atoms with Gasteiger partial charge in [0, 0.05) is 17.0 Å². The Bertz CT molecular complexity index is 1260. The number of nitrogens with one attached hydrogen (secondary N) is 2. The number of hydrogen-bond acceptors (Lipinski definition) is 5. The minimum atomic E-state index is -4.71. The van der Waals surface area contributed by atoms with Gasteiger partial charge in [0.1, 0.15) is 11.5 Å². The van der Waals surface area contributed by atoms with Crippen molar-refractivity contribution in [2.75, 3.05) is 5.43 Å². The third kappa shape index (κ3) is 5.35. The number of alkyl halides is 3. The van der Waals surface area contributed by atoms with Crippen molar-refractivity contribution in [3.63, 3.8) is 0 Å². The number of ether oxygens (including phenoxy) is 1. The van der Waals surface area contributed by atoms with Crippen LogP contribution >= 0.6 is 0 Å². The summed E-state index contributed by atoms with van der Waals surface area (Å²) in [6.07, 6.45) is -2.84. The Morgan fingerprint density at radius 1 is 0.912 bits per heavy atom. The molecule has 0 atom stereocenters. The van der Waals surface area contributed by atoms with E-state index in [0.29, 0.717) is 23.1 Å². The molecule has 172 valence electrons. The SMILES string of the molecule is N#Cc1ccc(NNC(=O)c2ccc(Oc3ccc(C(=O)C4CC4)cc3)cc2)c(C(F)(F)F)c1. The second-order valence-corrected chi connectivity index (χ2v) is 7.74. The molecule has 9 heteroatoms. The van der Waals surface area contributed by atoms with E-state index in [2.05, 4.69) is 10.9 Å². The van der Waals surface area contributed by atoms with Crippen molar-refractivity contribution < 1.29 is 27.5 Å². The average molecular weight is 465 g/mol. The quantitative estimate of drug-likeness (QED) is 0.344. The third-order valence-corrected chi connectivity index (χ3v) is 5.20. The molecule has 3 aromatic carbocycles. The van der Waals surface area contributed by atoms with E-state index in [1.165, 1.54) is 18.2 Å². The summed E-state index contributed by atoms with van der Waals surface area (Å²) in [4.78, 5) is 24.4. The van der Waals surface area contributed by atoms with E-state index >= 15 is 0 Å². The first-order chi connectivity index (χ1) is 16.2. The van der Waals surface area contributed by atoms with Crippen molar-refractivity contribution in [1.29, 1.82) is 5.26 Å². The predicted molar refractivity (Wildman–Crippen MR) is 117 cm³/mol. The first-order valence-electron chi connectivity index (χ1n) is 10.3. The Morgan fingerprint density at radius 3 is 2.03 bits per heavy atom. The summed E-state index contributed by atoms with van der Waals surface area (Å²) in [7, 11) is 0. The maximum atomic E-state index is 13.2. The zero-order valence-corrected chi connectivity index (χ0v) is 17.6. The summed E-state index contributed by atoms with van der Waals surface area (Å²) < 4.78 is 45.4. The van der Waals surface area contributed by atoms with Crippen LogP contribution in [0.25, 0.3) is 0 Å². The first kappa shape index (κ1) is 22.9. The average Bonchev–Trinajstić information content (AvgIpc) is 3.68. The molecule has 0 bridgehead atoms. The highest BCUT2D eigenvalue weighted by atomic mass is 19.4. The van der Waals surface area contributed by atoms with Gasteiger partial charge in [0.25, 0.3) is 5.91 Å². The fraction of sp³-hybridized carbons (Fsp3) is 0.160. The van der Waals surface area contributed by atoms with Crippen LogP contribution in [0.2, 0.25) is 0 Å². The van der Waals surface area contributed by atoms with Crippen LogP contribution < -0.4 is 15.6 Å². The summed E-state index contributed by atoms with van der Waals surface area (Å²) in [6.45, 7) is 0. The number of benzene rings is 3. The summed E-state index contributed by atoms with van der Waals surface area (Å²) in [5.74, 6) is 0.576. The molecule has 3 aromatic rings. The number of nitrogens with zero attached hydrogens (tertiary/aromatic N) is 1. The Morgan fingerprint density at radius 2 is 1.50 bits per heavy atom.